The Bertz CT molecular complexity index is 1170. The number of ketones is 2. The number of carbonyl (C=O) groups excluding carboxylic acids is 2. The minimum absolute atomic E-state index is 0.103. The molecule has 0 saturated carbocycles. The topological polar surface area (TPSA) is 97.5 Å². The van der Waals surface area contributed by atoms with E-state index in [-0.39, 0.29) is 22.5 Å². The van der Waals surface area contributed by atoms with Crippen LogP contribution in [0.3, 0.4) is 0 Å². The van der Waals surface area contributed by atoms with Crippen LogP contribution in [-0.4, -0.2) is 28.1 Å². The van der Waals surface area contributed by atoms with E-state index >= 15 is 0 Å². The van der Waals surface area contributed by atoms with Crippen LogP contribution in [-0.2, 0) is 4.79 Å². The van der Waals surface area contributed by atoms with Gasteiger partial charge in [-0.2, -0.15) is 0 Å². The Labute approximate surface area is 159 Å². The summed E-state index contributed by atoms with van der Waals surface area (Å²) in [6.07, 6.45) is 0. The van der Waals surface area contributed by atoms with Crippen molar-refractivity contribution in [2.24, 2.45) is 0 Å². The SMILES string of the molecule is O=C1C(=O)c2ccccc2C(O)=C1C(C[N+](=O)[O-])c1cccc2ccccc12. The van der Waals surface area contributed by atoms with Crippen LogP contribution < -0.4 is 0 Å². The normalized spacial score (nSPS) is 14.9. The van der Waals surface area contributed by atoms with Gasteiger partial charge in [-0.25, -0.2) is 0 Å². The Morgan fingerprint density at radius 3 is 2.25 bits per heavy atom. The summed E-state index contributed by atoms with van der Waals surface area (Å²) in [4.78, 5) is 36.3. The van der Waals surface area contributed by atoms with Gasteiger partial charge in [-0.05, 0) is 16.3 Å². The van der Waals surface area contributed by atoms with Gasteiger partial charge in [0.25, 0.3) is 0 Å². The van der Waals surface area contributed by atoms with Crippen LogP contribution in [0.5, 0.6) is 0 Å². The van der Waals surface area contributed by atoms with E-state index in [1.807, 2.05) is 18.2 Å². The van der Waals surface area contributed by atoms with Crippen LogP contribution >= 0.6 is 0 Å². The summed E-state index contributed by atoms with van der Waals surface area (Å²) in [6, 6.07) is 18.8. The van der Waals surface area contributed by atoms with Gasteiger partial charge in [0.2, 0.25) is 18.1 Å². The van der Waals surface area contributed by atoms with Gasteiger partial charge in [0, 0.05) is 16.1 Å². The quantitative estimate of drug-likeness (QED) is 0.424. The fourth-order valence-electron chi connectivity index (χ4n) is 3.76. The van der Waals surface area contributed by atoms with Crippen LogP contribution in [0.4, 0.5) is 0 Å². The molecule has 138 valence electrons. The van der Waals surface area contributed by atoms with Gasteiger partial charge in [-0.1, -0.05) is 66.7 Å². The van der Waals surface area contributed by atoms with E-state index in [4.69, 9.17) is 0 Å². The standard InChI is InChI=1S/C22H15NO5/c24-20-16-9-3-4-10-17(16)21(25)22(26)19(20)18(12-23(27)28)15-11-5-7-13-6-1-2-8-14(13)15/h1-11,18,24H,12H2. The number of benzene rings is 3. The van der Waals surface area contributed by atoms with Crippen LogP contribution in [0.1, 0.15) is 27.4 Å². The summed E-state index contributed by atoms with van der Waals surface area (Å²) in [5.74, 6) is -3.10. The molecular weight excluding hydrogens is 358 g/mol. The van der Waals surface area contributed by atoms with Crippen molar-refractivity contribution in [2.75, 3.05) is 6.54 Å². The number of hydrogen-bond acceptors (Lipinski definition) is 5. The summed E-state index contributed by atoms with van der Waals surface area (Å²) in [5, 5.41) is 23.8. The molecule has 1 atom stereocenters. The molecule has 3 aromatic rings. The molecule has 0 amide bonds. The fraction of sp³-hybridized carbons (Fsp3) is 0.0909. The number of hydrogen-bond donors (Lipinski definition) is 1. The molecule has 0 fully saturated rings. The van der Waals surface area contributed by atoms with Crippen molar-refractivity contribution in [1.29, 1.82) is 0 Å². The molecule has 0 radical (unpaired) electrons. The molecule has 3 aromatic carbocycles. The molecule has 0 saturated heterocycles. The number of Topliss-reactive ketones (excluding diaryl/α,β-unsaturated/α-hetero) is 2. The molecule has 0 aromatic heterocycles. The summed E-state index contributed by atoms with van der Waals surface area (Å²) in [6.45, 7) is -0.616. The van der Waals surface area contributed by atoms with Gasteiger partial charge in [0.05, 0.1) is 11.5 Å². The van der Waals surface area contributed by atoms with E-state index in [2.05, 4.69) is 0 Å². The van der Waals surface area contributed by atoms with Crippen molar-refractivity contribution in [3.8, 4) is 0 Å². The van der Waals surface area contributed by atoms with Crippen molar-refractivity contribution in [2.45, 2.75) is 5.92 Å². The molecule has 6 heteroatoms. The number of carbonyl (C=O) groups is 2. The van der Waals surface area contributed by atoms with Crippen molar-refractivity contribution < 1.29 is 19.6 Å². The van der Waals surface area contributed by atoms with E-state index in [1.165, 1.54) is 12.1 Å². The maximum Gasteiger partial charge on any atom is 0.234 e. The number of nitrogens with zero attached hydrogens (tertiary/aromatic N) is 1. The van der Waals surface area contributed by atoms with E-state index in [1.54, 1.807) is 36.4 Å². The predicted octanol–water partition coefficient (Wildman–Crippen LogP) is 3.93. The second-order valence-corrected chi connectivity index (χ2v) is 6.60. The second-order valence-electron chi connectivity index (χ2n) is 6.60. The highest BCUT2D eigenvalue weighted by molar-refractivity contribution is 6.52. The third-order valence-corrected chi connectivity index (χ3v) is 5.01. The predicted molar refractivity (Wildman–Crippen MR) is 104 cm³/mol. The second kappa shape index (κ2) is 6.74. The molecular formula is C22H15NO5. The Morgan fingerprint density at radius 2 is 1.50 bits per heavy atom. The number of aliphatic hydroxyl groups is 1. The lowest BCUT2D eigenvalue weighted by Crippen LogP contribution is -2.30. The molecule has 1 unspecified atom stereocenters. The zero-order valence-electron chi connectivity index (χ0n) is 14.7. The van der Waals surface area contributed by atoms with Crippen molar-refractivity contribution >= 4 is 28.1 Å². The molecule has 0 heterocycles. The van der Waals surface area contributed by atoms with E-state index in [0.29, 0.717) is 5.56 Å². The summed E-state index contributed by atoms with van der Waals surface area (Å²) in [7, 11) is 0. The Balaban J connectivity index is 2.00. The summed E-state index contributed by atoms with van der Waals surface area (Å²) < 4.78 is 0. The zero-order valence-corrected chi connectivity index (χ0v) is 14.7. The number of fused-ring (bicyclic) bond motifs is 2. The van der Waals surface area contributed by atoms with E-state index < -0.39 is 29.0 Å². The van der Waals surface area contributed by atoms with Gasteiger partial charge in [-0.3, -0.25) is 19.7 Å². The van der Waals surface area contributed by atoms with Gasteiger partial charge < -0.3 is 5.11 Å². The number of nitro groups is 1. The lowest BCUT2D eigenvalue weighted by atomic mass is 9.78. The first-order valence-electron chi connectivity index (χ1n) is 8.70. The monoisotopic (exact) mass is 373 g/mol. The van der Waals surface area contributed by atoms with Gasteiger partial charge in [0.15, 0.2) is 0 Å². The number of rotatable bonds is 4. The van der Waals surface area contributed by atoms with Gasteiger partial charge in [-0.15, -0.1) is 0 Å². The molecule has 0 spiro atoms. The first-order chi connectivity index (χ1) is 13.5. The minimum Gasteiger partial charge on any atom is -0.507 e. The smallest absolute Gasteiger partial charge is 0.234 e. The Hall–Kier alpha value is -3.80. The van der Waals surface area contributed by atoms with Crippen molar-refractivity contribution in [3.05, 3.63) is 99.1 Å². The van der Waals surface area contributed by atoms with Crippen LogP contribution in [0, 0.1) is 10.1 Å². The molecule has 1 aliphatic rings. The zero-order chi connectivity index (χ0) is 19.8. The lowest BCUT2D eigenvalue weighted by Gasteiger charge is -2.23. The molecule has 6 nitrogen and oxygen atoms in total. The average molecular weight is 373 g/mol. The molecule has 0 aliphatic heterocycles. The molecule has 28 heavy (non-hydrogen) atoms. The van der Waals surface area contributed by atoms with Crippen LogP contribution in [0.15, 0.2) is 72.3 Å². The van der Waals surface area contributed by atoms with E-state index in [0.717, 1.165) is 10.8 Å². The summed E-state index contributed by atoms with van der Waals surface area (Å²) in [5.41, 5.74) is 0.621. The molecule has 1 aliphatic carbocycles. The van der Waals surface area contributed by atoms with Gasteiger partial charge >= 0.3 is 0 Å². The van der Waals surface area contributed by atoms with Crippen LogP contribution in [0.2, 0.25) is 0 Å². The van der Waals surface area contributed by atoms with E-state index in [9.17, 15) is 24.8 Å². The average Bonchev–Trinajstić information content (AvgIpc) is 2.71. The largest absolute Gasteiger partial charge is 0.507 e. The molecule has 0 bridgehead atoms. The Morgan fingerprint density at radius 1 is 0.857 bits per heavy atom. The highest BCUT2D eigenvalue weighted by Gasteiger charge is 2.39. The highest BCUT2D eigenvalue weighted by atomic mass is 16.6. The molecule has 4 rings (SSSR count). The lowest BCUT2D eigenvalue weighted by molar-refractivity contribution is -0.481. The number of aliphatic hydroxyl groups excluding tert-OH is 1. The Kier molecular flexibility index (Phi) is 4.24. The van der Waals surface area contributed by atoms with Crippen molar-refractivity contribution in [3.63, 3.8) is 0 Å². The maximum absolute atomic E-state index is 12.8. The molecule has 1 N–H and O–H groups in total. The third-order valence-electron chi connectivity index (χ3n) is 5.01. The highest BCUT2D eigenvalue weighted by Crippen LogP contribution is 2.38. The first kappa shape index (κ1) is 17.6. The third kappa shape index (κ3) is 2.75. The fourth-order valence-corrected chi connectivity index (χ4v) is 3.76. The van der Waals surface area contributed by atoms with Gasteiger partial charge in [0.1, 0.15) is 5.76 Å². The van der Waals surface area contributed by atoms with Crippen molar-refractivity contribution in [1.82, 2.24) is 0 Å². The van der Waals surface area contributed by atoms with Crippen LogP contribution in [0.25, 0.3) is 16.5 Å². The first-order valence-corrected chi connectivity index (χ1v) is 8.70. The summed E-state index contributed by atoms with van der Waals surface area (Å²) >= 11 is 0. The minimum atomic E-state index is -1.05. The maximum atomic E-state index is 12.8.